The lowest BCUT2D eigenvalue weighted by Gasteiger charge is -2.01. The Morgan fingerprint density at radius 2 is 1.96 bits per heavy atom. The zero-order chi connectivity index (χ0) is 18.5. The summed E-state index contributed by atoms with van der Waals surface area (Å²) in [5, 5.41) is 20.2. The lowest BCUT2D eigenvalue weighted by Crippen LogP contribution is -2.01. The van der Waals surface area contributed by atoms with Crippen molar-refractivity contribution in [2.24, 2.45) is 0 Å². The van der Waals surface area contributed by atoms with Crippen molar-refractivity contribution in [1.29, 1.82) is 5.26 Å². The predicted molar refractivity (Wildman–Crippen MR) is 92.7 cm³/mol. The van der Waals surface area contributed by atoms with E-state index in [1.165, 1.54) is 30.4 Å². The molecule has 0 aromatic heterocycles. The predicted octanol–water partition coefficient (Wildman–Crippen LogP) is 3.67. The van der Waals surface area contributed by atoms with Gasteiger partial charge >= 0.3 is 0 Å². The number of nitriles is 1. The number of fused-ring (bicyclic) bond motifs is 1. The number of ether oxygens (including phenoxy) is 2. The number of nitro groups is 1. The summed E-state index contributed by atoms with van der Waals surface area (Å²) in [6.45, 7) is 0.0898. The number of Topliss-reactive ketones (excluding diaryl/α,β-unsaturated/α-hetero) is 1. The van der Waals surface area contributed by atoms with Gasteiger partial charge in [-0.2, -0.15) is 5.26 Å². The molecular formula is C19H12N2O5. The van der Waals surface area contributed by atoms with Gasteiger partial charge in [-0.3, -0.25) is 14.9 Å². The fourth-order valence-corrected chi connectivity index (χ4v) is 2.40. The van der Waals surface area contributed by atoms with Gasteiger partial charge in [0.1, 0.15) is 6.07 Å². The van der Waals surface area contributed by atoms with Crippen molar-refractivity contribution in [1.82, 2.24) is 0 Å². The molecule has 0 N–H and O–H groups in total. The number of benzene rings is 2. The summed E-state index contributed by atoms with van der Waals surface area (Å²) in [5.74, 6) is 0.516. The van der Waals surface area contributed by atoms with Gasteiger partial charge in [-0.15, -0.1) is 0 Å². The van der Waals surface area contributed by atoms with Gasteiger partial charge in [0.25, 0.3) is 5.69 Å². The summed E-state index contributed by atoms with van der Waals surface area (Å²) in [5.41, 5.74) is 0.513. The van der Waals surface area contributed by atoms with Crippen molar-refractivity contribution >= 4 is 17.5 Å². The van der Waals surface area contributed by atoms with Gasteiger partial charge in [0.05, 0.1) is 16.1 Å². The van der Waals surface area contributed by atoms with E-state index in [9.17, 15) is 20.2 Å². The highest BCUT2D eigenvalue weighted by molar-refractivity contribution is 6.11. The average molecular weight is 348 g/mol. The average Bonchev–Trinajstić information content (AvgIpc) is 3.12. The van der Waals surface area contributed by atoms with E-state index in [0.717, 1.165) is 0 Å². The molecule has 0 fully saturated rings. The fourth-order valence-electron chi connectivity index (χ4n) is 2.40. The summed E-state index contributed by atoms with van der Waals surface area (Å²) in [4.78, 5) is 23.0. The molecule has 0 aliphatic carbocycles. The summed E-state index contributed by atoms with van der Waals surface area (Å²) >= 11 is 0. The molecule has 0 saturated heterocycles. The van der Waals surface area contributed by atoms with Crippen LogP contribution in [0.3, 0.4) is 0 Å². The van der Waals surface area contributed by atoms with Crippen LogP contribution in [0.4, 0.5) is 5.69 Å². The van der Waals surface area contributed by atoms with Gasteiger partial charge in [0.2, 0.25) is 12.6 Å². The zero-order valence-corrected chi connectivity index (χ0v) is 13.4. The summed E-state index contributed by atoms with van der Waals surface area (Å²) in [6.07, 6.45) is 4.23. The van der Waals surface area contributed by atoms with Crippen LogP contribution in [0, 0.1) is 21.4 Å². The zero-order valence-electron chi connectivity index (χ0n) is 13.4. The second-order valence-electron chi connectivity index (χ2n) is 5.26. The van der Waals surface area contributed by atoms with Crippen LogP contribution >= 0.6 is 0 Å². The third-order valence-electron chi connectivity index (χ3n) is 3.67. The molecule has 128 valence electrons. The minimum absolute atomic E-state index is 0.0576. The monoisotopic (exact) mass is 348 g/mol. The van der Waals surface area contributed by atoms with Gasteiger partial charge in [-0.05, 0) is 36.4 Å². The summed E-state index contributed by atoms with van der Waals surface area (Å²) in [6, 6.07) is 12.7. The molecule has 26 heavy (non-hydrogen) atoms. The third-order valence-corrected chi connectivity index (χ3v) is 3.67. The first kappa shape index (κ1) is 16.9. The van der Waals surface area contributed by atoms with E-state index in [1.54, 1.807) is 30.3 Å². The number of para-hydroxylation sites is 1. The standard InChI is InChI=1S/C19H12N2O5/c20-11-15(6-3-5-13-4-1-2-7-16(13)21(23)24)19(22)14-8-9-17-18(10-14)26-12-25-17/h1-10H,12H2/b5-3+,15-6-. The first-order valence-electron chi connectivity index (χ1n) is 7.56. The first-order valence-corrected chi connectivity index (χ1v) is 7.56. The highest BCUT2D eigenvalue weighted by Gasteiger charge is 2.18. The van der Waals surface area contributed by atoms with Gasteiger partial charge in [0, 0.05) is 11.6 Å². The molecule has 0 unspecified atom stereocenters. The Hall–Kier alpha value is -3.92. The number of ketones is 1. The van der Waals surface area contributed by atoms with Crippen molar-refractivity contribution < 1.29 is 19.2 Å². The van der Waals surface area contributed by atoms with Crippen LogP contribution in [0.5, 0.6) is 11.5 Å². The van der Waals surface area contributed by atoms with Gasteiger partial charge in [0.15, 0.2) is 11.5 Å². The lowest BCUT2D eigenvalue weighted by atomic mass is 10.0. The molecular weight excluding hydrogens is 336 g/mol. The quantitative estimate of drug-likeness (QED) is 0.204. The number of rotatable bonds is 5. The molecule has 0 radical (unpaired) electrons. The van der Waals surface area contributed by atoms with Crippen LogP contribution in [0.1, 0.15) is 15.9 Å². The molecule has 3 rings (SSSR count). The smallest absolute Gasteiger partial charge is 0.276 e. The SMILES string of the molecule is N#C/C(=C/C=C/c1ccccc1[N+](=O)[O-])C(=O)c1ccc2c(c1)OCO2. The Balaban J connectivity index is 1.84. The molecule has 1 aliphatic heterocycles. The maximum atomic E-state index is 12.5. The van der Waals surface area contributed by atoms with Crippen molar-refractivity contribution in [3.63, 3.8) is 0 Å². The van der Waals surface area contributed by atoms with Crippen molar-refractivity contribution in [3.8, 4) is 17.6 Å². The largest absolute Gasteiger partial charge is 0.454 e. The molecule has 2 aromatic carbocycles. The Kier molecular flexibility index (Phi) is 4.76. The molecule has 0 spiro atoms. The molecule has 7 nitrogen and oxygen atoms in total. The summed E-state index contributed by atoms with van der Waals surface area (Å²) in [7, 11) is 0. The highest BCUT2D eigenvalue weighted by Crippen LogP contribution is 2.33. The van der Waals surface area contributed by atoms with Gasteiger partial charge in [-0.25, -0.2) is 0 Å². The lowest BCUT2D eigenvalue weighted by molar-refractivity contribution is -0.385. The number of hydrogen-bond donors (Lipinski definition) is 0. The normalized spacial score (nSPS) is 12.8. The topological polar surface area (TPSA) is 102 Å². The minimum Gasteiger partial charge on any atom is -0.454 e. The Morgan fingerprint density at radius 3 is 2.73 bits per heavy atom. The van der Waals surface area contributed by atoms with E-state index < -0.39 is 10.7 Å². The second-order valence-corrected chi connectivity index (χ2v) is 5.26. The van der Waals surface area contributed by atoms with Crippen LogP contribution in [-0.4, -0.2) is 17.5 Å². The number of carbonyl (C=O) groups is 1. The van der Waals surface area contributed by atoms with Crippen molar-refractivity contribution in [2.45, 2.75) is 0 Å². The number of carbonyl (C=O) groups excluding carboxylic acids is 1. The van der Waals surface area contributed by atoms with E-state index in [4.69, 9.17) is 9.47 Å². The molecule has 2 aromatic rings. The van der Waals surface area contributed by atoms with Crippen LogP contribution < -0.4 is 9.47 Å². The van der Waals surface area contributed by atoms with E-state index >= 15 is 0 Å². The number of hydrogen-bond acceptors (Lipinski definition) is 6. The molecule has 0 saturated carbocycles. The number of allylic oxidation sites excluding steroid dienone is 3. The number of nitrogens with zero attached hydrogens (tertiary/aromatic N) is 2. The molecule has 7 heteroatoms. The molecule has 1 aliphatic rings. The van der Waals surface area contributed by atoms with E-state index in [0.29, 0.717) is 22.6 Å². The molecule has 0 amide bonds. The molecule has 0 bridgehead atoms. The van der Waals surface area contributed by atoms with Crippen LogP contribution in [0.15, 0.2) is 60.2 Å². The van der Waals surface area contributed by atoms with Gasteiger partial charge in [-0.1, -0.05) is 18.2 Å². The highest BCUT2D eigenvalue weighted by atomic mass is 16.7. The third kappa shape index (κ3) is 3.44. The number of nitro benzene ring substituents is 1. The maximum Gasteiger partial charge on any atom is 0.276 e. The van der Waals surface area contributed by atoms with Crippen molar-refractivity contribution in [3.05, 3.63) is 81.4 Å². The van der Waals surface area contributed by atoms with Crippen LogP contribution in [-0.2, 0) is 0 Å². The van der Waals surface area contributed by atoms with Crippen molar-refractivity contribution in [2.75, 3.05) is 6.79 Å². The first-order chi connectivity index (χ1) is 12.6. The second kappa shape index (κ2) is 7.32. The summed E-state index contributed by atoms with van der Waals surface area (Å²) < 4.78 is 10.4. The van der Waals surface area contributed by atoms with E-state index in [2.05, 4.69) is 0 Å². The molecule has 1 heterocycles. The van der Waals surface area contributed by atoms with E-state index in [-0.39, 0.29) is 18.1 Å². The van der Waals surface area contributed by atoms with E-state index in [1.807, 2.05) is 6.07 Å². The Labute approximate surface area is 148 Å². The Bertz CT molecular complexity index is 986. The van der Waals surface area contributed by atoms with Crippen LogP contribution in [0.2, 0.25) is 0 Å². The molecule has 0 atom stereocenters. The van der Waals surface area contributed by atoms with Crippen LogP contribution in [0.25, 0.3) is 6.08 Å². The minimum atomic E-state index is -0.494. The maximum absolute atomic E-state index is 12.5. The van der Waals surface area contributed by atoms with Gasteiger partial charge < -0.3 is 9.47 Å². The Morgan fingerprint density at radius 1 is 1.19 bits per heavy atom. The fraction of sp³-hybridized carbons (Fsp3) is 0.0526.